The third-order valence-corrected chi connectivity index (χ3v) is 5.89. The monoisotopic (exact) mass is 427 g/mol. The third-order valence-electron chi connectivity index (χ3n) is 5.89. The maximum absolute atomic E-state index is 12.4. The van der Waals surface area contributed by atoms with E-state index in [-0.39, 0.29) is 5.91 Å². The SMILES string of the molecule is CN(C)CCNC(=O)C[C@@H]1CCNC[C@@H]1Cc1cc(CN(C)Cc2ccccc2)on1. The molecule has 2 aromatic rings. The van der Waals surface area contributed by atoms with Gasteiger partial charge in [0.1, 0.15) is 0 Å². The summed E-state index contributed by atoms with van der Waals surface area (Å²) in [6, 6.07) is 12.5. The van der Waals surface area contributed by atoms with E-state index in [9.17, 15) is 4.79 Å². The van der Waals surface area contributed by atoms with Crippen LogP contribution in [-0.2, 0) is 24.3 Å². The van der Waals surface area contributed by atoms with Gasteiger partial charge >= 0.3 is 0 Å². The van der Waals surface area contributed by atoms with Crippen LogP contribution in [0.2, 0.25) is 0 Å². The molecule has 7 heteroatoms. The minimum absolute atomic E-state index is 0.155. The molecule has 1 fully saturated rings. The molecule has 1 aliphatic heterocycles. The molecule has 3 rings (SSSR count). The Kier molecular flexibility index (Phi) is 9.06. The Morgan fingerprint density at radius 1 is 1.19 bits per heavy atom. The summed E-state index contributed by atoms with van der Waals surface area (Å²) >= 11 is 0. The van der Waals surface area contributed by atoms with Crippen molar-refractivity contribution in [1.82, 2.24) is 25.6 Å². The topological polar surface area (TPSA) is 73.6 Å². The van der Waals surface area contributed by atoms with Crippen molar-refractivity contribution < 1.29 is 9.32 Å². The number of carbonyl (C=O) groups excluding carboxylic acids is 1. The van der Waals surface area contributed by atoms with Gasteiger partial charge < -0.3 is 20.1 Å². The van der Waals surface area contributed by atoms with Crippen molar-refractivity contribution in [1.29, 1.82) is 0 Å². The first-order chi connectivity index (χ1) is 15.0. The fourth-order valence-electron chi connectivity index (χ4n) is 4.23. The first-order valence-electron chi connectivity index (χ1n) is 11.3. The Morgan fingerprint density at radius 2 is 2.00 bits per heavy atom. The molecule has 1 aromatic heterocycles. The summed E-state index contributed by atoms with van der Waals surface area (Å²) in [7, 11) is 6.12. The summed E-state index contributed by atoms with van der Waals surface area (Å²) in [5.41, 5.74) is 2.26. The highest BCUT2D eigenvalue weighted by Gasteiger charge is 2.28. The summed E-state index contributed by atoms with van der Waals surface area (Å²) in [5, 5.41) is 10.8. The van der Waals surface area contributed by atoms with E-state index in [4.69, 9.17) is 4.52 Å². The maximum Gasteiger partial charge on any atom is 0.220 e. The van der Waals surface area contributed by atoms with Gasteiger partial charge in [-0.2, -0.15) is 0 Å². The lowest BCUT2D eigenvalue weighted by atomic mass is 9.81. The van der Waals surface area contributed by atoms with Gasteiger partial charge in [-0.05, 0) is 64.5 Å². The lowest BCUT2D eigenvalue weighted by Crippen LogP contribution is -2.41. The normalized spacial score (nSPS) is 19.1. The Hall–Kier alpha value is -2.22. The number of hydrogen-bond donors (Lipinski definition) is 2. The molecule has 2 N–H and O–H groups in total. The molecule has 0 bridgehead atoms. The molecular weight excluding hydrogens is 390 g/mol. The summed E-state index contributed by atoms with van der Waals surface area (Å²) in [5.74, 6) is 1.81. The van der Waals surface area contributed by atoms with E-state index in [0.717, 1.165) is 57.0 Å². The van der Waals surface area contributed by atoms with Crippen LogP contribution in [0.15, 0.2) is 40.9 Å². The number of amides is 1. The fraction of sp³-hybridized carbons (Fsp3) is 0.583. The van der Waals surface area contributed by atoms with Gasteiger partial charge in [0, 0.05) is 32.1 Å². The largest absolute Gasteiger partial charge is 0.360 e. The van der Waals surface area contributed by atoms with Crippen molar-refractivity contribution in [2.24, 2.45) is 11.8 Å². The maximum atomic E-state index is 12.4. The molecule has 0 unspecified atom stereocenters. The third kappa shape index (κ3) is 8.09. The summed E-state index contributed by atoms with van der Waals surface area (Å²) < 4.78 is 5.61. The minimum Gasteiger partial charge on any atom is -0.360 e. The van der Waals surface area contributed by atoms with E-state index in [0.29, 0.717) is 24.8 Å². The Morgan fingerprint density at radius 3 is 2.77 bits per heavy atom. The highest BCUT2D eigenvalue weighted by Crippen LogP contribution is 2.26. The molecule has 0 saturated carbocycles. The van der Waals surface area contributed by atoms with Gasteiger partial charge in [0.05, 0.1) is 12.2 Å². The molecule has 1 aliphatic rings. The van der Waals surface area contributed by atoms with E-state index in [2.05, 4.69) is 63.0 Å². The average Bonchev–Trinajstić information content (AvgIpc) is 3.16. The van der Waals surface area contributed by atoms with Crippen LogP contribution in [0.5, 0.6) is 0 Å². The van der Waals surface area contributed by atoms with Gasteiger partial charge in [0.2, 0.25) is 5.91 Å². The molecule has 0 radical (unpaired) electrons. The van der Waals surface area contributed by atoms with Gasteiger partial charge in [-0.25, -0.2) is 0 Å². The van der Waals surface area contributed by atoms with Crippen LogP contribution in [0.3, 0.4) is 0 Å². The molecule has 7 nitrogen and oxygen atoms in total. The zero-order chi connectivity index (χ0) is 22.1. The predicted octanol–water partition coefficient (Wildman–Crippen LogP) is 2.14. The lowest BCUT2D eigenvalue weighted by molar-refractivity contribution is -0.122. The molecule has 170 valence electrons. The Bertz CT molecular complexity index is 792. The second-order valence-electron chi connectivity index (χ2n) is 9.02. The second kappa shape index (κ2) is 12.0. The van der Waals surface area contributed by atoms with Gasteiger partial charge in [-0.15, -0.1) is 0 Å². The van der Waals surface area contributed by atoms with Crippen molar-refractivity contribution in [3.63, 3.8) is 0 Å². The molecule has 1 saturated heterocycles. The van der Waals surface area contributed by atoms with Crippen molar-refractivity contribution in [2.75, 3.05) is 47.3 Å². The van der Waals surface area contributed by atoms with E-state index in [1.807, 2.05) is 20.2 Å². The number of benzene rings is 1. The molecule has 0 spiro atoms. The number of nitrogens with zero attached hydrogens (tertiary/aromatic N) is 3. The summed E-state index contributed by atoms with van der Waals surface area (Å²) in [4.78, 5) is 16.7. The molecule has 1 aromatic carbocycles. The van der Waals surface area contributed by atoms with Crippen LogP contribution in [-0.4, -0.2) is 68.2 Å². The molecular formula is C24H37N5O2. The smallest absolute Gasteiger partial charge is 0.220 e. The van der Waals surface area contributed by atoms with Gasteiger partial charge in [-0.1, -0.05) is 35.5 Å². The fourth-order valence-corrected chi connectivity index (χ4v) is 4.23. The Labute approximate surface area is 186 Å². The number of hydrogen-bond acceptors (Lipinski definition) is 6. The van der Waals surface area contributed by atoms with Crippen molar-refractivity contribution in [3.8, 4) is 0 Å². The van der Waals surface area contributed by atoms with Crippen molar-refractivity contribution >= 4 is 5.91 Å². The van der Waals surface area contributed by atoms with Crippen LogP contribution in [0.4, 0.5) is 0 Å². The predicted molar refractivity (Wildman–Crippen MR) is 122 cm³/mol. The van der Waals surface area contributed by atoms with Crippen LogP contribution in [0, 0.1) is 11.8 Å². The van der Waals surface area contributed by atoms with Crippen molar-refractivity contribution in [3.05, 3.63) is 53.4 Å². The van der Waals surface area contributed by atoms with E-state index in [1.165, 1.54) is 5.56 Å². The number of rotatable bonds is 11. The van der Waals surface area contributed by atoms with E-state index in [1.54, 1.807) is 0 Å². The summed E-state index contributed by atoms with van der Waals surface area (Å²) in [6.07, 6.45) is 2.45. The van der Waals surface area contributed by atoms with E-state index >= 15 is 0 Å². The first-order valence-corrected chi connectivity index (χ1v) is 11.3. The standard InChI is InChI=1S/C24H37N5O2/c1-28(2)12-11-26-24(30)14-20-9-10-25-16-21(20)13-22-15-23(31-27-22)18-29(3)17-19-7-5-4-6-8-19/h4-8,15,20-21,25H,9-14,16-18H2,1-3H3,(H,26,30)/t20-,21-/m0/s1. The van der Waals surface area contributed by atoms with Gasteiger partial charge in [0.25, 0.3) is 0 Å². The van der Waals surface area contributed by atoms with Crippen LogP contribution < -0.4 is 10.6 Å². The molecule has 2 heterocycles. The number of carbonyl (C=O) groups is 1. The zero-order valence-corrected chi connectivity index (χ0v) is 19.1. The zero-order valence-electron chi connectivity index (χ0n) is 19.1. The molecule has 2 atom stereocenters. The Balaban J connectivity index is 1.48. The van der Waals surface area contributed by atoms with Gasteiger partial charge in [-0.3, -0.25) is 9.69 Å². The van der Waals surface area contributed by atoms with E-state index < -0.39 is 0 Å². The molecule has 0 aliphatic carbocycles. The summed E-state index contributed by atoms with van der Waals surface area (Å²) in [6.45, 7) is 5.05. The quantitative estimate of drug-likeness (QED) is 0.572. The van der Waals surface area contributed by atoms with Crippen LogP contribution in [0.25, 0.3) is 0 Å². The van der Waals surface area contributed by atoms with Crippen LogP contribution >= 0.6 is 0 Å². The van der Waals surface area contributed by atoms with Crippen LogP contribution in [0.1, 0.15) is 29.9 Å². The molecule has 1 amide bonds. The van der Waals surface area contributed by atoms with Crippen molar-refractivity contribution in [2.45, 2.75) is 32.4 Å². The number of aromatic nitrogens is 1. The van der Waals surface area contributed by atoms with Gasteiger partial charge in [0.15, 0.2) is 5.76 Å². The first kappa shape index (κ1) is 23.4. The number of nitrogens with one attached hydrogen (secondary N) is 2. The highest BCUT2D eigenvalue weighted by molar-refractivity contribution is 5.76. The average molecular weight is 428 g/mol. The minimum atomic E-state index is 0.155. The second-order valence-corrected chi connectivity index (χ2v) is 9.02. The lowest BCUT2D eigenvalue weighted by Gasteiger charge is -2.31. The number of likely N-dealkylation sites (N-methyl/N-ethyl adjacent to an activating group) is 1. The highest BCUT2D eigenvalue weighted by atomic mass is 16.5. The number of piperidine rings is 1. The molecule has 31 heavy (non-hydrogen) atoms.